The number of nitrogens with zero attached hydrogens (tertiary/aromatic N) is 2. The molecule has 0 bridgehead atoms. The smallest absolute Gasteiger partial charge is 0.259 e. The summed E-state index contributed by atoms with van der Waals surface area (Å²) in [5, 5.41) is 16.8. The van der Waals surface area contributed by atoms with Crippen molar-refractivity contribution in [3.05, 3.63) is 88.9 Å². The standard InChI is InChI=1S/C21H17FIN5O3/c22-15-6-7-17(26-20(29)14-4-2-13(3-5-14)19(24)28-31)16(9-15)21(30)27-18-8-1-12(10-23)11-25-18/h1-9,11,31H,10H2,(H2,24,28)(H,26,29)(H,25,27,30). The molecule has 158 valence electrons. The van der Waals surface area contributed by atoms with E-state index in [9.17, 15) is 14.0 Å². The van der Waals surface area contributed by atoms with Gasteiger partial charge in [-0.3, -0.25) is 9.59 Å². The van der Waals surface area contributed by atoms with Crippen LogP contribution in [0.5, 0.6) is 0 Å². The van der Waals surface area contributed by atoms with Gasteiger partial charge in [0.25, 0.3) is 11.8 Å². The second-order valence-electron chi connectivity index (χ2n) is 6.35. The normalized spacial score (nSPS) is 11.1. The predicted octanol–water partition coefficient (Wildman–Crippen LogP) is 3.75. The van der Waals surface area contributed by atoms with Gasteiger partial charge in [0.15, 0.2) is 5.84 Å². The van der Waals surface area contributed by atoms with Gasteiger partial charge in [0.2, 0.25) is 0 Å². The van der Waals surface area contributed by atoms with Crippen LogP contribution in [-0.2, 0) is 4.43 Å². The second kappa shape index (κ2) is 9.98. The molecule has 0 aliphatic carbocycles. The maximum absolute atomic E-state index is 13.8. The van der Waals surface area contributed by atoms with Crippen molar-refractivity contribution in [2.24, 2.45) is 10.9 Å². The zero-order valence-corrected chi connectivity index (χ0v) is 18.1. The monoisotopic (exact) mass is 533 g/mol. The average molecular weight is 533 g/mol. The number of nitrogens with one attached hydrogen (secondary N) is 2. The Morgan fingerprint density at radius 2 is 1.74 bits per heavy atom. The molecule has 0 unspecified atom stereocenters. The number of alkyl halides is 1. The van der Waals surface area contributed by atoms with Crippen LogP contribution in [0.4, 0.5) is 15.9 Å². The summed E-state index contributed by atoms with van der Waals surface area (Å²) in [6.07, 6.45) is 1.63. The van der Waals surface area contributed by atoms with Crippen molar-refractivity contribution in [3.8, 4) is 0 Å². The summed E-state index contributed by atoms with van der Waals surface area (Å²) in [6.45, 7) is 0. The van der Waals surface area contributed by atoms with Crippen LogP contribution in [0.3, 0.4) is 0 Å². The van der Waals surface area contributed by atoms with Gasteiger partial charge in [-0.25, -0.2) is 9.37 Å². The lowest BCUT2D eigenvalue weighted by Gasteiger charge is -2.12. The molecule has 2 amide bonds. The highest BCUT2D eigenvalue weighted by Gasteiger charge is 2.16. The van der Waals surface area contributed by atoms with Crippen molar-refractivity contribution in [3.63, 3.8) is 0 Å². The van der Waals surface area contributed by atoms with Gasteiger partial charge in [0.05, 0.1) is 11.3 Å². The van der Waals surface area contributed by atoms with Crippen LogP contribution in [-0.4, -0.2) is 27.8 Å². The van der Waals surface area contributed by atoms with Crippen molar-refractivity contribution in [2.75, 3.05) is 10.6 Å². The summed E-state index contributed by atoms with van der Waals surface area (Å²) in [6, 6.07) is 12.9. The molecular weight excluding hydrogens is 516 g/mol. The number of anilines is 2. The number of hydrogen-bond acceptors (Lipinski definition) is 5. The highest BCUT2D eigenvalue weighted by molar-refractivity contribution is 14.1. The fraction of sp³-hybridized carbons (Fsp3) is 0.0476. The number of oxime groups is 1. The third-order valence-electron chi connectivity index (χ3n) is 4.25. The van der Waals surface area contributed by atoms with E-state index in [1.165, 1.54) is 30.3 Å². The van der Waals surface area contributed by atoms with Crippen molar-refractivity contribution >= 4 is 51.7 Å². The van der Waals surface area contributed by atoms with Gasteiger partial charge in [-0.15, -0.1) is 0 Å². The highest BCUT2D eigenvalue weighted by atomic mass is 127. The van der Waals surface area contributed by atoms with Crippen molar-refractivity contribution in [2.45, 2.75) is 4.43 Å². The van der Waals surface area contributed by atoms with E-state index in [1.807, 2.05) is 6.07 Å². The maximum Gasteiger partial charge on any atom is 0.259 e. The van der Waals surface area contributed by atoms with Gasteiger partial charge in [-0.1, -0.05) is 45.9 Å². The van der Waals surface area contributed by atoms with Crippen LogP contribution in [0.25, 0.3) is 0 Å². The van der Waals surface area contributed by atoms with Crippen LogP contribution in [0.15, 0.2) is 65.9 Å². The number of aromatic nitrogens is 1. The van der Waals surface area contributed by atoms with Crippen LogP contribution >= 0.6 is 22.6 Å². The molecule has 8 nitrogen and oxygen atoms in total. The summed E-state index contributed by atoms with van der Waals surface area (Å²) in [4.78, 5) is 29.4. The minimum atomic E-state index is -0.625. The number of halogens is 2. The van der Waals surface area contributed by atoms with Crippen LogP contribution in [0.2, 0.25) is 0 Å². The Labute approximate surface area is 190 Å². The minimum absolute atomic E-state index is 0.0543. The van der Waals surface area contributed by atoms with Gasteiger partial charge in [-0.2, -0.15) is 0 Å². The molecule has 1 heterocycles. The first-order chi connectivity index (χ1) is 14.9. The number of carbonyl (C=O) groups is 2. The first-order valence-corrected chi connectivity index (χ1v) is 10.4. The largest absolute Gasteiger partial charge is 0.409 e. The van der Waals surface area contributed by atoms with Crippen molar-refractivity contribution in [1.82, 2.24) is 4.98 Å². The zero-order valence-electron chi connectivity index (χ0n) is 16.0. The number of hydrogen-bond donors (Lipinski definition) is 4. The third-order valence-corrected chi connectivity index (χ3v) is 5.13. The van der Waals surface area contributed by atoms with E-state index >= 15 is 0 Å². The first kappa shape index (κ1) is 22.2. The van der Waals surface area contributed by atoms with Crippen molar-refractivity contribution < 1.29 is 19.2 Å². The number of rotatable bonds is 6. The average Bonchev–Trinajstić information content (AvgIpc) is 2.80. The number of benzene rings is 2. The van der Waals surface area contributed by atoms with Crippen LogP contribution in [0, 0.1) is 5.82 Å². The molecule has 10 heteroatoms. The lowest BCUT2D eigenvalue weighted by atomic mass is 10.1. The van der Waals surface area contributed by atoms with Gasteiger partial charge < -0.3 is 21.6 Å². The van der Waals surface area contributed by atoms with Crippen LogP contribution < -0.4 is 16.4 Å². The zero-order chi connectivity index (χ0) is 22.4. The molecule has 0 atom stereocenters. The first-order valence-electron chi connectivity index (χ1n) is 8.92. The van der Waals surface area contributed by atoms with E-state index in [0.29, 0.717) is 11.4 Å². The molecule has 2 aromatic carbocycles. The minimum Gasteiger partial charge on any atom is -0.409 e. The number of nitrogens with two attached hydrogens (primary N) is 1. The number of amidine groups is 1. The molecule has 3 rings (SSSR count). The summed E-state index contributed by atoms with van der Waals surface area (Å²) >= 11 is 2.20. The molecule has 0 saturated heterocycles. The highest BCUT2D eigenvalue weighted by Crippen LogP contribution is 2.20. The van der Waals surface area contributed by atoms with E-state index in [0.717, 1.165) is 22.1 Å². The van der Waals surface area contributed by atoms with E-state index in [2.05, 4.69) is 43.4 Å². The summed E-state index contributed by atoms with van der Waals surface area (Å²) in [5.41, 5.74) is 7.28. The van der Waals surface area contributed by atoms with Gasteiger partial charge >= 0.3 is 0 Å². The quantitative estimate of drug-likeness (QED) is 0.0958. The van der Waals surface area contributed by atoms with Gasteiger partial charge in [0, 0.05) is 21.8 Å². The predicted molar refractivity (Wildman–Crippen MR) is 123 cm³/mol. The Balaban J connectivity index is 1.80. The Morgan fingerprint density at radius 3 is 2.35 bits per heavy atom. The number of pyridine rings is 1. The van der Waals surface area contributed by atoms with E-state index in [-0.39, 0.29) is 22.6 Å². The summed E-state index contributed by atoms with van der Waals surface area (Å²) in [7, 11) is 0. The molecular formula is C21H17FIN5O3. The Morgan fingerprint density at radius 1 is 1.03 bits per heavy atom. The molecule has 0 fully saturated rings. The fourth-order valence-corrected chi connectivity index (χ4v) is 3.07. The van der Waals surface area contributed by atoms with Crippen LogP contribution in [0.1, 0.15) is 31.8 Å². The molecule has 0 radical (unpaired) electrons. The lowest BCUT2D eigenvalue weighted by Crippen LogP contribution is -2.19. The van der Waals surface area contributed by atoms with Crippen molar-refractivity contribution in [1.29, 1.82) is 0 Å². The van der Waals surface area contributed by atoms with E-state index < -0.39 is 17.6 Å². The molecule has 31 heavy (non-hydrogen) atoms. The molecule has 0 saturated carbocycles. The van der Waals surface area contributed by atoms with Gasteiger partial charge in [0.1, 0.15) is 11.6 Å². The third kappa shape index (κ3) is 5.54. The topological polar surface area (TPSA) is 130 Å². The molecule has 0 spiro atoms. The Hall–Kier alpha value is -3.54. The number of amides is 2. The molecule has 0 aliphatic heterocycles. The van der Waals surface area contributed by atoms with E-state index in [4.69, 9.17) is 10.9 Å². The molecule has 3 aromatic rings. The number of carbonyl (C=O) groups excluding carboxylic acids is 2. The van der Waals surface area contributed by atoms with E-state index in [1.54, 1.807) is 12.3 Å². The Kier molecular flexibility index (Phi) is 7.13. The van der Waals surface area contributed by atoms with Gasteiger partial charge in [-0.05, 0) is 42.0 Å². The summed E-state index contributed by atoms with van der Waals surface area (Å²) < 4.78 is 14.6. The molecule has 5 N–H and O–H groups in total. The fourth-order valence-electron chi connectivity index (χ4n) is 2.62. The lowest BCUT2D eigenvalue weighted by molar-refractivity contribution is 0.102. The molecule has 0 aliphatic rings. The SMILES string of the molecule is N/C(=N/O)c1ccc(C(=O)Nc2ccc(F)cc2C(=O)Nc2ccc(CI)cn2)cc1. The Bertz CT molecular complexity index is 1130. The second-order valence-corrected chi connectivity index (χ2v) is 7.11. The maximum atomic E-state index is 13.8. The summed E-state index contributed by atoms with van der Waals surface area (Å²) in [5.74, 6) is -1.55. The molecule has 1 aromatic heterocycles.